The van der Waals surface area contributed by atoms with E-state index in [4.69, 9.17) is 13.8 Å². The van der Waals surface area contributed by atoms with E-state index in [1.165, 1.54) is 0 Å². The van der Waals surface area contributed by atoms with Crippen LogP contribution in [0.4, 0.5) is 0 Å². The molecule has 6 aromatic rings. The zero-order valence-electron chi connectivity index (χ0n) is 16.1. The van der Waals surface area contributed by atoms with Gasteiger partial charge in [0.2, 0.25) is 0 Å². The Hall–Kier alpha value is -4.11. The van der Waals surface area contributed by atoms with Crippen LogP contribution in [0.1, 0.15) is 0 Å². The Labute approximate surface area is 173 Å². The minimum atomic E-state index is 0.764. The fourth-order valence-electron chi connectivity index (χ4n) is 3.94. The molecule has 3 heterocycles. The van der Waals surface area contributed by atoms with Crippen LogP contribution < -0.4 is 0 Å². The number of benzene rings is 3. The highest BCUT2D eigenvalue weighted by Gasteiger charge is 2.17. The lowest BCUT2D eigenvalue weighted by molar-refractivity contribution is 0.580. The molecule has 0 unspecified atom stereocenters. The van der Waals surface area contributed by atoms with Crippen molar-refractivity contribution < 1.29 is 8.83 Å². The number of nitrogens with zero attached hydrogens (tertiary/aromatic N) is 1. The molecule has 0 atom stereocenters. The Kier molecular flexibility index (Phi) is 3.78. The van der Waals surface area contributed by atoms with Gasteiger partial charge < -0.3 is 8.83 Å². The van der Waals surface area contributed by atoms with Gasteiger partial charge in [0.05, 0.1) is 12.5 Å². The lowest BCUT2D eigenvalue weighted by atomic mass is 10.0. The second-order valence-corrected chi connectivity index (χ2v) is 7.30. The van der Waals surface area contributed by atoms with Crippen LogP contribution in [0.2, 0.25) is 0 Å². The van der Waals surface area contributed by atoms with E-state index in [9.17, 15) is 0 Å². The summed E-state index contributed by atoms with van der Waals surface area (Å²) in [6.45, 7) is 0. The summed E-state index contributed by atoms with van der Waals surface area (Å²) in [6, 6.07) is 30.7. The average Bonchev–Trinajstić information content (AvgIpc) is 3.44. The van der Waals surface area contributed by atoms with Crippen molar-refractivity contribution in [3.63, 3.8) is 0 Å². The second-order valence-electron chi connectivity index (χ2n) is 7.30. The van der Waals surface area contributed by atoms with Gasteiger partial charge in [0.1, 0.15) is 11.4 Å². The molecule has 0 spiro atoms. The van der Waals surface area contributed by atoms with Crippen molar-refractivity contribution in [2.24, 2.45) is 0 Å². The molecule has 0 saturated heterocycles. The predicted molar refractivity (Wildman–Crippen MR) is 120 cm³/mol. The Morgan fingerprint density at radius 1 is 0.500 bits per heavy atom. The molecule has 0 fully saturated rings. The van der Waals surface area contributed by atoms with E-state index >= 15 is 0 Å². The smallest absolute Gasteiger partial charge is 0.160 e. The van der Waals surface area contributed by atoms with Crippen LogP contribution in [0.5, 0.6) is 0 Å². The summed E-state index contributed by atoms with van der Waals surface area (Å²) >= 11 is 0. The van der Waals surface area contributed by atoms with Gasteiger partial charge in [-0.2, -0.15) is 0 Å². The lowest BCUT2D eigenvalue weighted by Crippen LogP contribution is -1.90. The number of aromatic nitrogens is 1. The molecule has 3 heteroatoms. The normalized spacial score (nSPS) is 11.3. The molecular weight excluding hydrogens is 370 g/mol. The fraction of sp³-hybridized carbons (Fsp3) is 0. The van der Waals surface area contributed by atoms with Crippen LogP contribution in [-0.2, 0) is 0 Å². The van der Waals surface area contributed by atoms with E-state index in [2.05, 4.69) is 36.4 Å². The van der Waals surface area contributed by atoms with Crippen molar-refractivity contribution in [1.29, 1.82) is 0 Å². The first-order valence-electron chi connectivity index (χ1n) is 9.87. The molecular formula is C27H17NO2. The number of pyridine rings is 1. The van der Waals surface area contributed by atoms with Gasteiger partial charge in [0, 0.05) is 21.5 Å². The summed E-state index contributed by atoms with van der Waals surface area (Å²) in [5, 5.41) is 4.21. The van der Waals surface area contributed by atoms with Gasteiger partial charge >= 0.3 is 0 Å². The van der Waals surface area contributed by atoms with Crippen LogP contribution in [0.25, 0.3) is 55.6 Å². The molecule has 0 aliphatic carbocycles. The number of furan rings is 2. The average molecular weight is 387 g/mol. The predicted octanol–water partition coefficient (Wildman–Crippen LogP) is 7.58. The quantitative estimate of drug-likeness (QED) is 0.314. The summed E-state index contributed by atoms with van der Waals surface area (Å²) in [6.07, 6.45) is 3.56. The van der Waals surface area contributed by atoms with Crippen LogP contribution in [0.15, 0.2) is 112 Å². The highest BCUT2D eigenvalue weighted by molar-refractivity contribution is 5.96. The van der Waals surface area contributed by atoms with Crippen molar-refractivity contribution >= 4 is 21.5 Å². The molecule has 0 N–H and O–H groups in total. The van der Waals surface area contributed by atoms with Gasteiger partial charge in [-0.05, 0) is 23.3 Å². The Bertz CT molecular complexity index is 1400. The molecule has 0 radical (unpaired) electrons. The van der Waals surface area contributed by atoms with Gasteiger partial charge in [-0.3, -0.25) is 0 Å². The van der Waals surface area contributed by atoms with E-state index in [-0.39, 0.29) is 0 Å². The maximum absolute atomic E-state index is 5.96. The molecule has 3 nitrogen and oxygen atoms in total. The van der Waals surface area contributed by atoms with Crippen LogP contribution >= 0.6 is 0 Å². The van der Waals surface area contributed by atoms with Crippen molar-refractivity contribution in [3.05, 3.63) is 104 Å². The molecule has 3 aromatic carbocycles. The summed E-state index contributed by atoms with van der Waals surface area (Å²) in [5.74, 6) is 1.53. The van der Waals surface area contributed by atoms with Gasteiger partial charge in [-0.15, -0.1) is 0 Å². The third-order valence-corrected chi connectivity index (χ3v) is 5.42. The highest BCUT2D eigenvalue weighted by atomic mass is 16.3. The summed E-state index contributed by atoms with van der Waals surface area (Å²) in [7, 11) is 0. The topological polar surface area (TPSA) is 39.2 Å². The van der Waals surface area contributed by atoms with Gasteiger partial charge in [0.15, 0.2) is 11.5 Å². The number of hydrogen-bond donors (Lipinski definition) is 0. The molecule has 0 aliphatic heterocycles. The Morgan fingerprint density at radius 3 is 1.57 bits per heavy atom. The molecule has 0 amide bonds. The largest absolute Gasteiger partial charge is 0.461 e. The number of hydrogen-bond acceptors (Lipinski definition) is 3. The third-order valence-electron chi connectivity index (χ3n) is 5.42. The van der Waals surface area contributed by atoms with Gasteiger partial charge in [-0.25, -0.2) is 4.98 Å². The fourth-order valence-corrected chi connectivity index (χ4v) is 3.94. The molecule has 0 saturated carbocycles. The lowest BCUT2D eigenvalue weighted by Gasteiger charge is -2.08. The van der Waals surface area contributed by atoms with Gasteiger partial charge in [0.25, 0.3) is 0 Å². The summed E-state index contributed by atoms with van der Waals surface area (Å²) < 4.78 is 11.9. The summed E-state index contributed by atoms with van der Waals surface area (Å²) in [4.78, 5) is 4.96. The third kappa shape index (κ3) is 2.72. The van der Waals surface area contributed by atoms with Gasteiger partial charge in [-0.1, -0.05) is 78.9 Å². The Morgan fingerprint density at radius 2 is 1.00 bits per heavy atom. The first-order chi connectivity index (χ1) is 14.9. The van der Waals surface area contributed by atoms with Crippen LogP contribution in [0, 0.1) is 0 Å². The molecule has 0 aliphatic rings. The van der Waals surface area contributed by atoms with Crippen molar-refractivity contribution in [1.82, 2.24) is 4.98 Å². The van der Waals surface area contributed by atoms with E-state index in [0.717, 1.165) is 55.6 Å². The van der Waals surface area contributed by atoms with E-state index in [1.807, 2.05) is 54.6 Å². The minimum absolute atomic E-state index is 0.764. The maximum Gasteiger partial charge on any atom is 0.160 e. The standard InChI is InChI=1S/C27H17NO2/c1-2-8-18(9-3-1)21-14-24(26-22-12-6-4-10-19(22)16-29-26)28-25(15-21)27-23-13-7-5-11-20(23)17-30-27/h1-17H. The van der Waals surface area contributed by atoms with Crippen LogP contribution in [0.3, 0.4) is 0 Å². The van der Waals surface area contributed by atoms with Crippen molar-refractivity contribution in [3.8, 4) is 34.0 Å². The molecule has 3 aromatic heterocycles. The van der Waals surface area contributed by atoms with Crippen molar-refractivity contribution in [2.45, 2.75) is 0 Å². The monoisotopic (exact) mass is 387 g/mol. The molecule has 0 bridgehead atoms. The Balaban J connectivity index is 1.63. The van der Waals surface area contributed by atoms with Crippen molar-refractivity contribution in [2.75, 3.05) is 0 Å². The highest BCUT2D eigenvalue weighted by Crippen LogP contribution is 2.36. The first-order valence-corrected chi connectivity index (χ1v) is 9.87. The zero-order chi connectivity index (χ0) is 19.9. The van der Waals surface area contributed by atoms with E-state index < -0.39 is 0 Å². The van der Waals surface area contributed by atoms with Crippen LogP contribution in [-0.4, -0.2) is 4.98 Å². The minimum Gasteiger partial charge on any atom is -0.461 e. The maximum atomic E-state index is 5.96. The van der Waals surface area contributed by atoms with E-state index in [1.54, 1.807) is 12.5 Å². The summed E-state index contributed by atoms with van der Waals surface area (Å²) in [5.41, 5.74) is 3.76. The zero-order valence-corrected chi connectivity index (χ0v) is 16.1. The number of rotatable bonds is 3. The SMILES string of the molecule is c1ccc(-c2cc(-c3occ4ccccc34)nc(-c3occ4ccccc34)c2)cc1. The molecule has 142 valence electrons. The van der Waals surface area contributed by atoms with E-state index in [0.29, 0.717) is 0 Å². The molecule has 6 rings (SSSR count). The first kappa shape index (κ1) is 16.8. The number of fused-ring (bicyclic) bond motifs is 2. The second kappa shape index (κ2) is 6.75. The molecule has 30 heavy (non-hydrogen) atoms.